The summed E-state index contributed by atoms with van der Waals surface area (Å²) in [5, 5.41) is 0.0515. The molecular weight excluding hydrogens is 238 g/mol. The van der Waals surface area contributed by atoms with Crippen LogP contribution in [0, 0.1) is 5.82 Å². The number of nitrogens with zero attached hydrogens (tertiary/aromatic N) is 1. The lowest BCUT2D eigenvalue weighted by Gasteiger charge is -2.08. The molecular formula is C8H6ClF4NO. The molecule has 0 aliphatic rings. The molecule has 15 heavy (non-hydrogen) atoms. The Hall–Kier alpha value is -1.04. The zero-order chi connectivity index (χ0) is 11.5. The van der Waals surface area contributed by atoms with Crippen molar-refractivity contribution < 1.29 is 22.3 Å². The van der Waals surface area contributed by atoms with Gasteiger partial charge >= 0.3 is 6.18 Å². The first-order chi connectivity index (χ1) is 6.88. The van der Waals surface area contributed by atoms with Crippen LogP contribution in [0.15, 0.2) is 12.3 Å². The summed E-state index contributed by atoms with van der Waals surface area (Å²) in [4.78, 5) is 3.40. The summed E-state index contributed by atoms with van der Waals surface area (Å²) < 4.78 is 52.5. The second-order valence-electron chi connectivity index (χ2n) is 2.65. The van der Waals surface area contributed by atoms with Crippen LogP contribution >= 0.6 is 11.6 Å². The average Bonchev–Trinajstić information content (AvgIpc) is 2.07. The first-order valence-electron chi connectivity index (χ1n) is 3.89. The second kappa shape index (κ2) is 4.65. The number of alkyl halides is 3. The van der Waals surface area contributed by atoms with E-state index in [1.807, 2.05) is 0 Å². The van der Waals surface area contributed by atoms with Crippen LogP contribution in [0.25, 0.3) is 0 Å². The van der Waals surface area contributed by atoms with E-state index in [0.717, 1.165) is 12.3 Å². The van der Waals surface area contributed by atoms with E-state index in [1.54, 1.807) is 0 Å². The maximum Gasteiger partial charge on any atom is 0.392 e. The van der Waals surface area contributed by atoms with Crippen molar-refractivity contribution in [3.8, 4) is 5.88 Å². The minimum absolute atomic E-state index is 0.0515. The van der Waals surface area contributed by atoms with E-state index in [4.69, 9.17) is 11.6 Å². The number of hydrogen-bond donors (Lipinski definition) is 0. The molecule has 0 unspecified atom stereocenters. The van der Waals surface area contributed by atoms with Crippen molar-refractivity contribution in [2.45, 2.75) is 12.6 Å². The van der Waals surface area contributed by atoms with E-state index in [-0.39, 0.29) is 5.02 Å². The summed E-state index contributed by atoms with van der Waals surface area (Å²) in [6.45, 7) is -0.672. The van der Waals surface area contributed by atoms with Crippen LogP contribution in [-0.4, -0.2) is 17.8 Å². The lowest BCUT2D eigenvalue weighted by atomic mass is 10.4. The van der Waals surface area contributed by atoms with Gasteiger partial charge in [-0.1, -0.05) is 11.6 Å². The molecule has 0 spiro atoms. The van der Waals surface area contributed by atoms with Gasteiger partial charge < -0.3 is 4.74 Å². The Labute approximate surface area is 87.8 Å². The van der Waals surface area contributed by atoms with Crippen molar-refractivity contribution in [1.29, 1.82) is 0 Å². The first kappa shape index (κ1) is 12.0. The Morgan fingerprint density at radius 2 is 2.07 bits per heavy atom. The number of pyridine rings is 1. The highest BCUT2D eigenvalue weighted by atomic mass is 35.5. The summed E-state index contributed by atoms with van der Waals surface area (Å²) in [5.41, 5.74) is 0. The summed E-state index contributed by atoms with van der Waals surface area (Å²) >= 11 is 5.39. The van der Waals surface area contributed by atoms with Gasteiger partial charge in [0.25, 0.3) is 0 Å². The van der Waals surface area contributed by atoms with Gasteiger partial charge in [-0.15, -0.1) is 0 Å². The average molecular weight is 244 g/mol. The topological polar surface area (TPSA) is 22.1 Å². The quantitative estimate of drug-likeness (QED) is 0.761. The number of rotatable bonds is 3. The highest BCUT2D eigenvalue weighted by molar-refractivity contribution is 6.30. The van der Waals surface area contributed by atoms with E-state index in [0.29, 0.717) is 0 Å². The molecule has 0 fully saturated rings. The van der Waals surface area contributed by atoms with E-state index in [1.165, 1.54) is 0 Å². The number of hydrogen-bond acceptors (Lipinski definition) is 2. The van der Waals surface area contributed by atoms with Gasteiger partial charge in [0.2, 0.25) is 5.88 Å². The lowest BCUT2D eigenvalue weighted by molar-refractivity contribution is -0.139. The Bertz CT molecular complexity index is 342. The van der Waals surface area contributed by atoms with Crippen LogP contribution < -0.4 is 4.74 Å². The standard InChI is InChI=1S/C8H6ClF4NO/c9-5-3-6(10)7(14-4-5)15-2-1-8(11,12)13/h3-4H,1-2H2. The number of halogens is 5. The van der Waals surface area contributed by atoms with Crippen molar-refractivity contribution >= 4 is 11.6 Å². The third-order valence-electron chi connectivity index (χ3n) is 1.40. The van der Waals surface area contributed by atoms with Gasteiger partial charge in [0, 0.05) is 6.20 Å². The SMILES string of the molecule is Fc1cc(Cl)cnc1OCCC(F)(F)F. The van der Waals surface area contributed by atoms with Gasteiger partial charge in [-0.2, -0.15) is 13.2 Å². The Morgan fingerprint density at radius 1 is 1.40 bits per heavy atom. The van der Waals surface area contributed by atoms with Crippen LogP contribution in [0.5, 0.6) is 5.88 Å². The summed E-state index contributed by atoms with van der Waals surface area (Å²) in [7, 11) is 0. The van der Waals surface area contributed by atoms with Gasteiger partial charge in [0.05, 0.1) is 18.1 Å². The monoisotopic (exact) mass is 243 g/mol. The lowest BCUT2D eigenvalue weighted by Crippen LogP contribution is -2.13. The molecule has 0 aliphatic heterocycles. The molecule has 0 saturated heterocycles. The molecule has 1 heterocycles. The molecule has 0 saturated carbocycles. The van der Waals surface area contributed by atoms with Crippen LogP contribution in [0.3, 0.4) is 0 Å². The fraction of sp³-hybridized carbons (Fsp3) is 0.375. The van der Waals surface area contributed by atoms with Crippen molar-refractivity contribution in [3.05, 3.63) is 23.1 Å². The summed E-state index contributed by atoms with van der Waals surface area (Å²) in [5.74, 6) is -1.37. The first-order valence-corrected chi connectivity index (χ1v) is 4.27. The molecule has 0 aliphatic carbocycles. The van der Waals surface area contributed by atoms with Crippen molar-refractivity contribution in [2.75, 3.05) is 6.61 Å². The molecule has 7 heteroatoms. The fourth-order valence-electron chi connectivity index (χ4n) is 0.772. The van der Waals surface area contributed by atoms with Gasteiger partial charge in [-0.05, 0) is 6.07 Å². The molecule has 1 rings (SSSR count). The predicted molar refractivity (Wildman–Crippen MR) is 45.4 cm³/mol. The minimum atomic E-state index is -4.33. The van der Waals surface area contributed by atoms with Gasteiger partial charge in [0.15, 0.2) is 5.82 Å². The molecule has 0 radical (unpaired) electrons. The number of aromatic nitrogens is 1. The largest absolute Gasteiger partial charge is 0.475 e. The van der Waals surface area contributed by atoms with E-state index >= 15 is 0 Å². The molecule has 0 bridgehead atoms. The molecule has 84 valence electrons. The molecule has 0 aromatic carbocycles. The maximum atomic E-state index is 12.9. The summed E-state index contributed by atoms with van der Waals surface area (Å²) in [6, 6.07) is 0.914. The summed E-state index contributed by atoms with van der Waals surface area (Å²) in [6.07, 6.45) is -4.40. The van der Waals surface area contributed by atoms with Crippen LogP contribution in [0.4, 0.5) is 17.6 Å². The van der Waals surface area contributed by atoms with Crippen molar-refractivity contribution in [1.82, 2.24) is 4.98 Å². The number of ether oxygens (including phenoxy) is 1. The van der Waals surface area contributed by atoms with Gasteiger partial charge in [0.1, 0.15) is 0 Å². The molecule has 0 amide bonds. The van der Waals surface area contributed by atoms with Crippen molar-refractivity contribution in [2.24, 2.45) is 0 Å². The maximum absolute atomic E-state index is 12.9. The van der Waals surface area contributed by atoms with E-state index < -0.39 is 30.9 Å². The van der Waals surface area contributed by atoms with Crippen LogP contribution in [-0.2, 0) is 0 Å². The fourth-order valence-corrected chi connectivity index (χ4v) is 0.916. The van der Waals surface area contributed by atoms with Crippen molar-refractivity contribution in [3.63, 3.8) is 0 Å². The molecule has 0 atom stereocenters. The third-order valence-corrected chi connectivity index (χ3v) is 1.61. The Balaban J connectivity index is 2.51. The van der Waals surface area contributed by atoms with E-state index in [2.05, 4.69) is 9.72 Å². The van der Waals surface area contributed by atoms with E-state index in [9.17, 15) is 17.6 Å². The van der Waals surface area contributed by atoms with Crippen LogP contribution in [0.1, 0.15) is 6.42 Å². The molecule has 0 N–H and O–H groups in total. The minimum Gasteiger partial charge on any atom is -0.475 e. The van der Waals surface area contributed by atoms with Gasteiger partial charge in [-0.3, -0.25) is 0 Å². The Kier molecular flexibility index (Phi) is 3.73. The molecule has 2 nitrogen and oxygen atoms in total. The highest BCUT2D eigenvalue weighted by Gasteiger charge is 2.27. The van der Waals surface area contributed by atoms with Gasteiger partial charge in [-0.25, -0.2) is 9.37 Å². The normalized spacial score (nSPS) is 11.5. The zero-order valence-corrected chi connectivity index (χ0v) is 8.07. The molecule has 1 aromatic rings. The zero-order valence-electron chi connectivity index (χ0n) is 7.31. The second-order valence-corrected chi connectivity index (χ2v) is 3.09. The predicted octanol–water partition coefficient (Wildman–Crippen LogP) is 3.21. The highest BCUT2D eigenvalue weighted by Crippen LogP contribution is 2.21. The smallest absolute Gasteiger partial charge is 0.392 e. The van der Waals surface area contributed by atoms with Crippen LogP contribution in [0.2, 0.25) is 5.02 Å². The Morgan fingerprint density at radius 3 is 2.60 bits per heavy atom. The third kappa shape index (κ3) is 4.33. The molecule has 1 aromatic heterocycles.